The summed E-state index contributed by atoms with van der Waals surface area (Å²) >= 11 is 1.48. The van der Waals surface area contributed by atoms with Crippen LogP contribution in [0.3, 0.4) is 0 Å². The average Bonchev–Trinajstić information content (AvgIpc) is 3.06. The molecular formula is C19H19N3O3S. The van der Waals surface area contributed by atoms with Crippen LogP contribution in [0.1, 0.15) is 10.4 Å². The Kier molecular flexibility index (Phi) is 5.91. The van der Waals surface area contributed by atoms with Crippen molar-refractivity contribution in [3.8, 4) is 17.1 Å². The fourth-order valence-corrected chi connectivity index (χ4v) is 3.16. The Labute approximate surface area is 156 Å². The van der Waals surface area contributed by atoms with Crippen molar-refractivity contribution < 1.29 is 14.3 Å². The molecule has 3 aromatic rings. The molecule has 0 aliphatic heterocycles. The van der Waals surface area contributed by atoms with Crippen LogP contribution in [0.5, 0.6) is 5.75 Å². The summed E-state index contributed by atoms with van der Waals surface area (Å²) in [6.07, 6.45) is 0. The van der Waals surface area contributed by atoms with Gasteiger partial charge in [0.05, 0.1) is 18.2 Å². The Morgan fingerprint density at radius 3 is 2.58 bits per heavy atom. The lowest BCUT2D eigenvalue weighted by Crippen LogP contribution is -2.08. The number of esters is 1. The zero-order chi connectivity index (χ0) is 18.4. The van der Waals surface area contributed by atoms with Crippen molar-refractivity contribution in [2.24, 2.45) is 7.05 Å². The van der Waals surface area contributed by atoms with Crippen LogP contribution < -0.4 is 4.74 Å². The molecule has 26 heavy (non-hydrogen) atoms. The molecule has 3 rings (SSSR count). The maximum atomic E-state index is 11.9. The first-order valence-corrected chi connectivity index (χ1v) is 9.07. The number of carbonyl (C=O) groups excluding carboxylic acids is 1. The summed E-state index contributed by atoms with van der Waals surface area (Å²) in [5.74, 6) is 1.75. The molecule has 0 bridgehead atoms. The first-order valence-electron chi connectivity index (χ1n) is 8.08. The van der Waals surface area contributed by atoms with Crippen molar-refractivity contribution in [3.63, 3.8) is 0 Å². The van der Waals surface area contributed by atoms with Crippen molar-refractivity contribution in [2.75, 3.05) is 19.5 Å². The first-order chi connectivity index (χ1) is 12.7. The number of rotatable bonds is 7. The van der Waals surface area contributed by atoms with Gasteiger partial charge < -0.3 is 14.0 Å². The minimum Gasteiger partial charge on any atom is -0.496 e. The minimum atomic E-state index is -0.320. The standard InChI is InChI=1S/C19H19N3O3S/c1-22-17(15-10-6-7-11-16(15)24-2)20-21-19(22)26-13-12-25-18(23)14-8-4-3-5-9-14/h3-11H,12-13H2,1-2H3. The van der Waals surface area contributed by atoms with Gasteiger partial charge in [0.25, 0.3) is 0 Å². The summed E-state index contributed by atoms with van der Waals surface area (Å²) in [6.45, 7) is 0.301. The van der Waals surface area contributed by atoms with E-state index < -0.39 is 0 Å². The van der Waals surface area contributed by atoms with Crippen LogP contribution in [0.25, 0.3) is 11.4 Å². The van der Waals surface area contributed by atoms with Gasteiger partial charge in [-0.3, -0.25) is 0 Å². The number of carbonyl (C=O) groups is 1. The maximum absolute atomic E-state index is 11.9. The Morgan fingerprint density at radius 1 is 1.08 bits per heavy atom. The molecule has 0 fully saturated rings. The predicted molar refractivity (Wildman–Crippen MR) is 100 cm³/mol. The molecule has 6 nitrogen and oxygen atoms in total. The van der Waals surface area contributed by atoms with Gasteiger partial charge in [-0.2, -0.15) is 0 Å². The van der Waals surface area contributed by atoms with Gasteiger partial charge in [0, 0.05) is 12.8 Å². The third kappa shape index (κ3) is 4.05. The molecule has 0 spiro atoms. The Balaban J connectivity index is 1.58. The molecule has 134 valence electrons. The smallest absolute Gasteiger partial charge is 0.338 e. The summed E-state index contributed by atoms with van der Waals surface area (Å²) in [7, 11) is 3.53. The van der Waals surface area contributed by atoms with Gasteiger partial charge in [-0.25, -0.2) is 4.79 Å². The van der Waals surface area contributed by atoms with Crippen LogP contribution in [0.15, 0.2) is 59.8 Å². The molecule has 0 saturated carbocycles. The van der Waals surface area contributed by atoms with Crippen LogP contribution >= 0.6 is 11.8 Å². The lowest BCUT2D eigenvalue weighted by molar-refractivity contribution is 0.0530. The summed E-state index contributed by atoms with van der Waals surface area (Å²) in [5.41, 5.74) is 1.43. The maximum Gasteiger partial charge on any atom is 0.338 e. The Bertz CT molecular complexity index is 881. The number of hydrogen-bond acceptors (Lipinski definition) is 6. The van der Waals surface area contributed by atoms with Crippen molar-refractivity contribution in [1.29, 1.82) is 0 Å². The highest BCUT2D eigenvalue weighted by molar-refractivity contribution is 7.99. The van der Waals surface area contributed by atoms with Crippen LogP contribution in [0.2, 0.25) is 0 Å². The van der Waals surface area contributed by atoms with E-state index in [0.29, 0.717) is 17.9 Å². The molecule has 1 aromatic heterocycles. The lowest BCUT2D eigenvalue weighted by atomic mass is 10.2. The summed E-state index contributed by atoms with van der Waals surface area (Å²) in [4.78, 5) is 11.9. The third-order valence-corrected chi connectivity index (χ3v) is 4.72. The van der Waals surface area contributed by atoms with Crippen molar-refractivity contribution >= 4 is 17.7 Å². The molecule has 0 unspecified atom stereocenters. The number of hydrogen-bond donors (Lipinski definition) is 0. The third-order valence-electron chi connectivity index (χ3n) is 3.74. The van der Waals surface area contributed by atoms with E-state index in [1.807, 2.05) is 54.1 Å². The minimum absolute atomic E-state index is 0.301. The summed E-state index contributed by atoms with van der Waals surface area (Å²) in [6, 6.07) is 16.6. The quantitative estimate of drug-likeness (QED) is 0.361. The number of para-hydroxylation sites is 1. The number of methoxy groups -OCH3 is 1. The van der Waals surface area contributed by atoms with Gasteiger partial charge >= 0.3 is 5.97 Å². The second-order valence-electron chi connectivity index (χ2n) is 5.42. The molecule has 1 heterocycles. The van der Waals surface area contributed by atoms with Gasteiger partial charge in [-0.1, -0.05) is 42.1 Å². The molecule has 0 saturated heterocycles. The van der Waals surface area contributed by atoms with E-state index in [4.69, 9.17) is 9.47 Å². The van der Waals surface area contributed by atoms with E-state index in [9.17, 15) is 4.79 Å². The normalized spacial score (nSPS) is 10.5. The molecule has 0 aliphatic carbocycles. The largest absolute Gasteiger partial charge is 0.496 e. The van der Waals surface area contributed by atoms with E-state index in [0.717, 1.165) is 22.3 Å². The molecule has 7 heteroatoms. The molecule has 0 radical (unpaired) electrons. The number of aromatic nitrogens is 3. The summed E-state index contributed by atoms with van der Waals surface area (Å²) < 4.78 is 12.6. The zero-order valence-electron chi connectivity index (χ0n) is 14.6. The topological polar surface area (TPSA) is 66.2 Å². The Morgan fingerprint density at radius 2 is 1.81 bits per heavy atom. The van der Waals surface area contributed by atoms with Crippen LogP contribution in [0.4, 0.5) is 0 Å². The van der Waals surface area contributed by atoms with Gasteiger partial charge in [0.15, 0.2) is 11.0 Å². The second-order valence-corrected chi connectivity index (χ2v) is 6.48. The lowest BCUT2D eigenvalue weighted by Gasteiger charge is -2.08. The molecule has 0 amide bonds. The molecular weight excluding hydrogens is 350 g/mol. The van der Waals surface area contributed by atoms with E-state index in [-0.39, 0.29) is 5.97 Å². The SMILES string of the molecule is COc1ccccc1-c1nnc(SCCOC(=O)c2ccccc2)n1C. The Hall–Kier alpha value is -2.80. The first kappa shape index (κ1) is 18.0. The van der Waals surface area contributed by atoms with Gasteiger partial charge in [0.1, 0.15) is 12.4 Å². The zero-order valence-corrected chi connectivity index (χ0v) is 15.4. The van der Waals surface area contributed by atoms with Gasteiger partial charge in [0.2, 0.25) is 0 Å². The second kappa shape index (κ2) is 8.53. The number of benzene rings is 2. The number of ether oxygens (including phenoxy) is 2. The van der Waals surface area contributed by atoms with E-state index in [1.54, 1.807) is 19.2 Å². The van der Waals surface area contributed by atoms with E-state index in [1.165, 1.54) is 11.8 Å². The van der Waals surface area contributed by atoms with Crippen molar-refractivity contribution in [2.45, 2.75) is 5.16 Å². The van der Waals surface area contributed by atoms with Crippen LogP contribution in [0, 0.1) is 0 Å². The van der Waals surface area contributed by atoms with Gasteiger partial charge in [-0.05, 0) is 24.3 Å². The van der Waals surface area contributed by atoms with E-state index in [2.05, 4.69) is 10.2 Å². The van der Waals surface area contributed by atoms with Crippen LogP contribution in [-0.4, -0.2) is 40.2 Å². The molecule has 0 atom stereocenters. The average molecular weight is 369 g/mol. The van der Waals surface area contributed by atoms with E-state index >= 15 is 0 Å². The highest BCUT2D eigenvalue weighted by Gasteiger charge is 2.15. The molecule has 0 aliphatic rings. The van der Waals surface area contributed by atoms with Crippen molar-refractivity contribution in [1.82, 2.24) is 14.8 Å². The number of thioether (sulfide) groups is 1. The fraction of sp³-hybridized carbons (Fsp3) is 0.211. The number of nitrogens with zero attached hydrogens (tertiary/aromatic N) is 3. The predicted octanol–water partition coefficient (Wildman–Crippen LogP) is 3.44. The van der Waals surface area contributed by atoms with Crippen LogP contribution in [-0.2, 0) is 11.8 Å². The fourth-order valence-electron chi connectivity index (χ4n) is 2.43. The summed E-state index contributed by atoms with van der Waals surface area (Å²) in [5, 5.41) is 9.23. The van der Waals surface area contributed by atoms with Crippen molar-refractivity contribution in [3.05, 3.63) is 60.2 Å². The highest BCUT2D eigenvalue weighted by atomic mass is 32.2. The van der Waals surface area contributed by atoms with Gasteiger partial charge in [-0.15, -0.1) is 10.2 Å². The molecule has 2 aromatic carbocycles. The highest BCUT2D eigenvalue weighted by Crippen LogP contribution is 2.29. The molecule has 0 N–H and O–H groups in total. The monoisotopic (exact) mass is 369 g/mol.